The second-order valence-corrected chi connectivity index (χ2v) is 7.96. The van der Waals surface area contributed by atoms with Crippen LogP contribution in [0.3, 0.4) is 0 Å². The summed E-state index contributed by atoms with van der Waals surface area (Å²) >= 11 is 6.14. The Hall–Kier alpha value is -2.20. The number of methoxy groups -OCH3 is 1. The molecule has 1 heterocycles. The fraction of sp³-hybridized carbons (Fsp3) is 0.409. The van der Waals surface area contributed by atoms with E-state index in [9.17, 15) is 4.79 Å². The van der Waals surface area contributed by atoms with Crippen LogP contribution in [-0.4, -0.2) is 32.1 Å². The molecule has 4 rings (SSSR count). The summed E-state index contributed by atoms with van der Waals surface area (Å²) in [5.41, 5.74) is 1.73. The lowest BCUT2D eigenvalue weighted by Gasteiger charge is -2.36. The predicted molar refractivity (Wildman–Crippen MR) is 109 cm³/mol. The van der Waals surface area contributed by atoms with Gasteiger partial charge in [-0.1, -0.05) is 35.9 Å². The van der Waals surface area contributed by atoms with Crippen molar-refractivity contribution in [2.24, 2.45) is 0 Å². The van der Waals surface area contributed by atoms with Gasteiger partial charge in [-0.3, -0.25) is 4.79 Å². The number of hydrogen-bond donors (Lipinski definition) is 1. The molecule has 1 saturated heterocycles. The Labute approximate surface area is 165 Å². The molecule has 0 bridgehead atoms. The first-order valence-electron chi connectivity index (χ1n) is 9.57. The van der Waals surface area contributed by atoms with E-state index < -0.39 is 5.41 Å². The molecule has 4 nitrogen and oxygen atoms in total. The Morgan fingerprint density at radius 2 is 2.04 bits per heavy atom. The summed E-state index contributed by atoms with van der Waals surface area (Å²) < 4.78 is 5.51. The minimum atomic E-state index is -0.391. The highest BCUT2D eigenvalue weighted by Crippen LogP contribution is 2.49. The number of carbonyl (C=O) groups excluding carboxylic acids is 1. The van der Waals surface area contributed by atoms with Crippen molar-refractivity contribution >= 4 is 23.2 Å². The number of anilines is 1. The van der Waals surface area contributed by atoms with Crippen molar-refractivity contribution < 1.29 is 9.53 Å². The number of carbonyl (C=O) groups is 1. The van der Waals surface area contributed by atoms with Crippen molar-refractivity contribution in [2.45, 2.75) is 37.1 Å². The SMILES string of the molecule is COc1ccccc1N1CCCC(NC(=O)C2(c3cccc(Cl)c3)CC2)C1. The van der Waals surface area contributed by atoms with Crippen molar-refractivity contribution in [3.05, 3.63) is 59.1 Å². The summed E-state index contributed by atoms with van der Waals surface area (Å²) in [5.74, 6) is 1.01. The normalized spacial score (nSPS) is 20.8. The molecule has 0 aromatic heterocycles. The van der Waals surface area contributed by atoms with E-state index in [4.69, 9.17) is 16.3 Å². The Morgan fingerprint density at radius 1 is 1.22 bits per heavy atom. The summed E-state index contributed by atoms with van der Waals surface area (Å²) in [6.07, 6.45) is 3.83. The maximum atomic E-state index is 13.1. The smallest absolute Gasteiger partial charge is 0.230 e. The Kier molecular flexibility index (Phi) is 5.00. The standard InChI is InChI=1S/C22H25ClN2O2/c1-27-20-10-3-2-9-19(20)25-13-5-8-18(15-25)24-21(26)22(11-12-22)16-6-4-7-17(23)14-16/h2-4,6-7,9-10,14,18H,5,8,11-13,15H2,1H3,(H,24,26). The average molecular weight is 385 g/mol. The molecule has 142 valence electrons. The van der Waals surface area contributed by atoms with Crippen LogP contribution >= 0.6 is 11.6 Å². The van der Waals surface area contributed by atoms with Gasteiger partial charge in [0.2, 0.25) is 5.91 Å². The molecule has 0 spiro atoms. The summed E-state index contributed by atoms with van der Waals surface area (Å²) in [6.45, 7) is 1.78. The van der Waals surface area contributed by atoms with Crippen LogP contribution in [0.25, 0.3) is 0 Å². The lowest BCUT2D eigenvalue weighted by molar-refractivity contribution is -0.124. The van der Waals surface area contributed by atoms with Crippen LogP contribution in [-0.2, 0) is 10.2 Å². The van der Waals surface area contributed by atoms with Gasteiger partial charge in [0.1, 0.15) is 5.75 Å². The highest BCUT2D eigenvalue weighted by Gasteiger charge is 2.51. The van der Waals surface area contributed by atoms with Gasteiger partial charge in [0.05, 0.1) is 18.2 Å². The zero-order chi connectivity index (χ0) is 18.9. The number of halogens is 1. The third kappa shape index (κ3) is 3.63. The third-order valence-electron chi connectivity index (χ3n) is 5.74. The molecular weight excluding hydrogens is 360 g/mol. The van der Waals surface area contributed by atoms with E-state index in [1.54, 1.807) is 7.11 Å². The molecule has 27 heavy (non-hydrogen) atoms. The van der Waals surface area contributed by atoms with Crippen molar-refractivity contribution in [1.29, 1.82) is 0 Å². The van der Waals surface area contributed by atoms with Gasteiger partial charge in [-0.25, -0.2) is 0 Å². The zero-order valence-electron chi connectivity index (χ0n) is 15.6. The molecule has 5 heteroatoms. The van der Waals surface area contributed by atoms with Crippen LogP contribution in [0.4, 0.5) is 5.69 Å². The maximum absolute atomic E-state index is 13.1. The molecule has 2 aromatic carbocycles. The molecular formula is C22H25ClN2O2. The summed E-state index contributed by atoms with van der Waals surface area (Å²) in [5, 5.41) is 4.00. The number of para-hydroxylation sites is 2. The summed E-state index contributed by atoms with van der Waals surface area (Å²) in [7, 11) is 1.70. The van der Waals surface area contributed by atoms with Crippen LogP contribution in [0.5, 0.6) is 5.75 Å². The highest BCUT2D eigenvalue weighted by atomic mass is 35.5. The largest absolute Gasteiger partial charge is 0.495 e. The number of amides is 1. The molecule has 1 atom stereocenters. The van der Waals surface area contributed by atoms with Gasteiger partial charge in [0.25, 0.3) is 0 Å². The number of nitrogens with one attached hydrogen (secondary N) is 1. The molecule has 1 N–H and O–H groups in total. The third-order valence-corrected chi connectivity index (χ3v) is 5.98. The topological polar surface area (TPSA) is 41.6 Å². The molecule has 2 fully saturated rings. The molecule has 1 aliphatic heterocycles. The summed E-state index contributed by atoms with van der Waals surface area (Å²) in [6, 6.07) is 15.9. The van der Waals surface area contributed by atoms with Crippen molar-refractivity contribution in [3.8, 4) is 5.75 Å². The lowest BCUT2D eigenvalue weighted by Crippen LogP contribution is -2.50. The number of rotatable bonds is 5. The van der Waals surface area contributed by atoms with Gasteiger partial charge in [-0.2, -0.15) is 0 Å². The van der Waals surface area contributed by atoms with E-state index in [-0.39, 0.29) is 11.9 Å². The number of hydrogen-bond acceptors (Lipinski definition) is 3. The molecule has 1 saturated carbocycles. The fourth-order valence-electron chi connectivity index (χ4n) is 4.09. The molecule has 1 unspecified atom stereocenters. The van der Waals surface area contributed by atoms with Gasteiger partial charge in [-0.15, -0.1) is 0 Å². The van der Waals surface area contributed by atoms with Crippen LogP contribution < -0.4 is 15.0 Å². The van der Waals surface area contributed by atoms with E-state index in [1.165, 1.54) is 0 Å². The number of piperidine rings is 1. The van der Waals surface area contributed by atoms with Crippen molar-refractivity contribution in [3.63, 3.8) is 0 Å². The first-order chi connectivity index (χ1) is 13.1. The zero-order valence-corrected chi connectivity index (χ0v) is 16.3. The monoisotopic (exact) mass is 384 g/mol. The Morgan fingerprint density at radius 3 is 2.78 bits per heavy atom. The first kappa shape index (κ1) is 18.2. The van der Waals surface area contributed by atoms with Gasteiger partial charge in [0, 0.05) is 24.2 Å². The Balaban J connectivity index is 1.46. The van der Waals surface area contributed by atoms with Gasteiger partial charge >= 0.3 is 0 Å². The minimum absolute atomic E-state index is 0.136. The van der Waals surface area contributed by atoms with Crippen molar-refractivity contribution in [1.82, 2.24) is 5.32 Å². The fourth-order valence-corrected chi connectivity index (χ4v) is 4.28. The second kappa shape index (κ2) is 7.43. The van der Waals surface area contributed by atoms with Gasteiger partial charge < -0.3 is 15.0 Å². The lowest BCUT2D eigenvalue weighted by atomic mass is 9.94. The predicted octanol–water partition coefficient (Wildman–Crippen LogP) is 4.17. The first-order valence-corrected chi connectivity index (χ1v) is 9.95. The quantitative estimate of drug-likeness (QED) is 0.841. The minimum Gasteiger partial charge on any atom is -0.495 e. The van der Waals surface area contributed by atoms with Crippen LogP contribution in [0.2, 0.25) is 5.02 Å². The van der Waals surface area contributed by atoms with E-state index in [2.05, 4.69) is 16.3 Å². The van der Waals surface area contributed by atoms with E-state index in [0.29, 0.717) is 5.02 Å². The second-order valence-electron chi connectivity index (χ2n) is 7.52. The molecule has 0 radical (unpaired) electrons. The van der Waals surface area contributed by atoms with E-state index >= 15 is 0 Å². The van der Waals surface area contributed by atoms with Gasteiger partial charge in [0.15, 0.2) is 0 Å². The molecule has 1 amide bonds. The van der Waals surface area contributed by atoms with Crippen LogP contribution in [0.1, 0.15) is 31.2 Å². The number of benzene rings is 2. The summed E-state index contributed by atoms with van der Waals surface area (Å²) in [4.78, 5) is 15.4. The molecule has 2 aliphatic rings. The van der Waals surface area contributed by atoms with Gasteiger partial charge in [-0.05, 0) is 55.5 Å². The van der Waals surface area contributed by atoms with Crippen molar-refractivity contribution in [2.75, 3.05) is 25.1 Å². The molecule has 2 aromatic rings. The Bertz CT molecular complexity index is 835. The highest BCUT2D eigenvalue weighted by molar-refractivity contribution is 6.30. The number of nitrogens with zero attached hydrogens (tertiary/aromatic N) is 1. The van der Waals surface area contributed by atoms with E-state index in [0.717, 1.165) is 55.8 Å². The molecule has 1 aliphatic carbocycles. The average Bonchev–Trinajstić information content (AvgIpc) is 3.50. The van der Waals surface area contributed by atoms with Crippen LogP contribution in [0.15, 0.2) is 48.5 Å². The maximum Gasteiger partial charge on any atom is 0.230 e. The van der Waals surface area contributed by atoms with E-state index in [1.807, 2.05) is 42.5 Å². The number of ether oxygens (including phenoxy) is 1. The van der Waals surface area contributed by atoms with Crippen LogP contribution in [0, 0.1) is 0 Å².